The molecule has 3 heteroatoms. The zero-order valence-corrected chi connectivity index (χ0v) is 8.56. The Morgan fingerprint density at radius 3 is 3.00 bits per heavy atom. The number of ether oxygens (including phenoxy) is 1. The van der Waals surface area contributed by atoms with Crippen LogP contribution in [0.4, 0.5) is 0 Å². The molecular formula is C10H12O2S. The molecule has 70 valence electrons. The first kappa shape index (κ1) is 9.99. The lowest BCUT2D eigenvalue weighted by Gasteiger charge is -1.91. The second-order valence-corrected chi connectivity index (χ2v) is 3.70. The van der Waals surface area contributed by atoms with Gasteiger partial charge in [0, 0.05) is 4.88 Å². The van der Waals surface area contributed by atoms with Gasteiger partial charge in [0.1, 0.15) is 4.88 Å². The van der Waals surface area contributed by atoms with Crippen molar-refractivity contribution in [1.29, 1.82) is 0 Å². The van der Waals surface area contributed by atoms with Gasteiger partial charge in [-0.15, -0.1) is 11.3 Å². The van der Waals surface area contributed by atoms with Crippen LogP contribution in [0.5, 0.6) is 0 Å². The summed E-state index contributed by atoms with van der Waals surface area (Å²) in [6.07, 6.45) is 4.95. The summed E-state index contributed by atoms with van der Waals surface area (Å²) in [5, 5.41) is 0. The third-order valence-corrected chi connectivity index (χ3v) is 2.69. The molecule has 0 aliphatic carbocycles. The van der Waals surface area contributed by atoms with Crippen LogP contribution in [0.15, 0.2) is 24.3 Å². The van der Waals surface area contributed by atoms with E-state index in [1.54, 1.807) is 6.07 Å². The number of hydrogen-bond donors (Lipinski definition) is 0. The highest BCUT2D eigenvalue weighted by Gasteiger charge is 2.07. The molecule has 0 bridgehead atoms. The third-order valence-electron chi connectivity index (χ3n) is 1.60. The van der Waals surface area contributed by atoms with E-state index in [4.69, 9.17) is 0 Å². The van der Waals surface area contributed by atoms with Crippen molar-refractivity contribution in [3.8, 4) is 0 Å². The van der Waals surface area contributed by atoms with Crippen LogP contribution in [-0.4, -0.2) is 13.1 Å². The van der Waals surface area contributed by atoms with Crippen LogP contribution in [0.2, 0.25) is 0 Å². The van der Waals surface area contributed by atoms with Gasteiger partial charge in [-0.25, -0.2) is 4.79 Å². The Hall–Kier alpha value is -1.09. The van der Waals surface area contributed by atoms with E-state index in [1.165, 1.54) is 23.3 Å². The van der Waals surface area contributed by atoms with Crippen molar-refractivity contribution in [2.24, 2.45) is 0 Å². The zero-order chi connectivity index (χ0) is 9.68. The van der Waals surface area contributed by atoms with E-state index in [0.29, 0.717) is 4.88 Å². The topological polar surface area (TPSA) is 26.3 Å². The molecule has 1 aromatic heterocycles. The third kappa shape index (κ3) is 2.70. The molecule has 1 heterocycles. The lowest BCUT2D eigenvalue weighted by Crippen LogP contribution is -1.96. The Labute approximate surface area is 81.8 Å². The lowest BCUT2D eigenvalue weighted by molar-refractivity contribution is 0.0606. The largest absolute Gasteiger partial charge is 0.465 e. The lowest BCUT2D eigenvalue weighted by atomic mass is 10.3. The van der Waals surface area contributed by atoms with Crippen molar-refractivity contribution in [3.63, 3.8) is 0 Å². The number of rotatable bonds is 3. The van der Waals surface area contributed by atoms with Gasteiger partial charge >= 0.3 is 5.97 Å². The first-order valence-corrected chi connectivity index (χ1v) is 4.87. The van der Waals surface area contributed by atoms with Crippen LogP contribution in [-0.2, 0) is 11.2 Å². The fourth-order valence-corrected chi connectivity index (χ4v) is 1.83. The molecule has 0 unspecified atom stereocenters. The number of carbonyl (C=O) groups excluding carboxylic acids is 1. The van der Waals surface area contributed by atoms with Crippen molar-refractivity contribution in [1.82, 2.24) is 0 Å². The fraction of sp³-hybridized carbons (Fsp3) is 0.300. The maximum atomic E-state index is 11.1. The fourth-order valence-electron chi connectivity index (χ4n) is 0.932. The molecule has 0 N–H and O–H groups in total. The van der Waals surface area contributed by atoms with Gasteiger partial charge in [-0.05, 0) is 25.5 Å². The summed E-state index contributed by atoms with van der Waals surface area (Å²) < 4.78 is 4.61. The molecule has 0 aliphatic heterocycles. The second-order valence-electron chi connectivity index (χ2n) is 2.53. The minimum Gasteiger partial charge on any atom is -0.465 e. The Morgan fingerprint density at radius 2 is 2.38 bits per heavy atom. The van der Waals surface area contributed by atoms with Crippen molar-refractivity contribution in [2.75, 3.05) is 7.11 Å². The molecular weight excluding hydrogens is 184 g/mol. The van der Waals surface area contributed by atoms with Gasteiger partial charge in [-0.3, -0.25) is 0 Å². The van der Waals surface area contributed by atoms with Gasteiger partial charge in [0.15, 0.2) is 0 Å². The summed E-state index contributed by atoms with van der Waals surface area (Å²) in [6.45, 7) is 1.98. The van der Waals surface area contributed by atoms with Crippen molar-refractivity contribution in [2.45, 2.75) is 13.3 Å². The maximum absolute atomic E-state index is 11.1. The summed E-state index contributed by atoms with van der Waals surface area (Å²) in [6, 6.07) is 3.76. The molecule has 0 radical (unpaired) electrons. The molecule has 0 aromatic carbocycles. The Bertz CT molecular complexity index is 312. The number of methoxy groups -OCH3 is 1. The van der Waals surface area contributed by atoms with E-state index >= 15 is 0 Å². The highest BCUT2D eigenvalue weighted by Crippen LogP contribution is 2.17. The van der Waals surface area contributed by atoms with Gasteiger partial charge in [0.2, 0.25) is 0 Å². The molecule has 0 spiro atoms. The van der Waals surface area contributed by atoms with Gasteiger partial charge in [-0.1, -0.05) is 12.2 Å². The number of esters is 1. The van der Waals surface area contributed by atoms with Crippen molar-refractivity contribution >= 4 is 17.3 Å². The molecule has 0 saturated carbocycles. The summed E-state index contributed by atoms with van der Waals surface area (Å²) in [5.41, 5.74) is 0. The number of allylic oxidation sites excluding steroid dienone is 2. The van der Waals surface area contributed by atoms with E-state index in [0.717, 1.165) is 6.42 Å². The van der Waals surface area contributed by atoms with Crippen LogP contribution in [0.1, 0.15) is 21.5 Å². The number of carbonyl (C=O) groups is 1. The predicted molar refractivity (Wildman–Crippen MR) is 54.2 cm³/mol. The molecule has 0 amide bonds. The SMILES string of the molecule is C/C=C\Cc1ccc(C(=O)OC)s1. The average molecular weight is 196 g/mol. The number of thiophene rings is 1. The molecule has 0 fully saturated rings. The van der Waals surface area contributed by atoms with Crippen LogP contribution in [0.25, 0.3) is 0 Å². The Balaban J connectivity index is 2.68. The normalized spacial score (nSPS) is 10.6. The van der Waals surface area contributed by atoms with Gasteiger partial charge in [0.05, 0.1) is 7.11 Å². The average Bonchev–Trinajstić information content (AvgIpc) is 2.62. The minimum absolute atomic E-state index is 0.253. The summed E-state index contributed by atoms with van der Waals surface area (Å²) in [4.78, 5) is 12.9. The summed E-state index contributed by atoms with van der Waals surface area (Å²) >= 11 is 1.48. The Kier molecular flexibility index (Phi) is 3.71. The Morgan fingerprint density at radius 1 is 1.62 bits per heavy atom. The van der Waals surface area contributed by atoms with E-state index in [-0.39, 0.29) is 5.97 Å². The molecule has 2 nitrogen and oxygen atoms in total. The predicted octanol–water partition coefficient (Wildman–Crippen LogP) is 2.65. The van der Waals surface area contributed by atoms with Gasteiger partial charge in [-0.2, -0.15) is 0 Å². The zero-order valence-electron chi connectivity index (χ0n) is 7.74. The molecule has 13 heavy (non-hydrogen) atoms. The van der Waals surface area contributed by atoms with Gasteiger partial charge in [0.25, 0.3) is 0 Å². The van der Waals surface area contributed by atoms with Crippen LogP contribution in [0.3, 0.4) is 0 Å². The molecule has 1 aromatic rings. The van der Waals surface area contributed by atoms with E-state index < -0.39 is 0 Å². The highest BCUT2D eigenvalue weighted by molar-refractivity contribution is 7.13. The van der Waals surface area contributed by atoms with Crippen molar-refractivity contribution in [3.05, 3.63) is 34.0 Å². The highest BCUT2D eigenvalue weighted by atomic mass is 32.1. The smallest absolute Gasteiger partial charge is 0.348 e. The van der Waals surface area contributed by atoms with Crippen molar-refractivity contribution < 1.29 is 9.53 Å². The van der Waals surface area contributed by atoms with Gasteiger partial charge < -0.3 is 4.74 Å². The van der Waals surface area contributed by atoms with Crippen LogP contribution < -0.4 is 0 Å². The van der Waals surface area contributed by atoms with E-state index in [9.17, 15) is 4.79 Å². The molecule has 1 rings (SSSR count). The standard InChI is InChI=1S/C10H12O2S/c1-3-4-5-8-6-7-9(13-8)10(11)12-2/h3-4,6-7H,5H2,1-2H3/b4-3-. The van der Waals surface area contributed by atoms with E-state index in [2.05, 4.69) is 10.8 Å². The summed E-state index contributed by atoms with van der Waals surface area (Å²) in [7, 11) is 1.40. The van der Waals surface area contributed by atoms with Crippen LogP contribution >= 0.6 is 11.3 Å². The molecule has 0 atom stereocenters. The minimum atomic E-state index is -0.253. The van der Waals surface area contributed by atoms with E-state index in [1.807, 2.05) is 19.1 Å². The maximum Gasteiger partial charge on any atom is 0.348 e. The first-order chi connectivity index (χ1) is 6.27. The molecule has 0 aliphatic rings. The monoisotopic (exact) mass is 196 g/mol. The summed E-state index contributed by atoms with van der Waals surface area (Å²) in [5.74, 6) is -0.253. The van der Waals surface area contributed by atoms with Crippen LogP contribution in [0, 0.1) is 0 Å². The number of hydrogen-bond acceptors (Lipinski definition) is 3. The second kappa shape index (κ2) is 4.82. The quantitative estimate of drug-likeness (QED) is 0.548. The molecule has 0 saturated heterocycles. The first-order valence-electron chi connectivity index (χ1n) is 4.06.